The smallest absolute Gasteiger partial charge is 0.224 e. The maximum absolute atomic E-state index is 4.32. The van der Waals surface area contributed by atoms with Crippen LogP contribution in [0.4, 0.5) is 11.8 Å². The average molecular weight is 234 g/mol. The van der Waals surface area contributed by atoms with E-state index in [-0.39, 0.29) is 0 Å². The summed E-state index contributed by atoms with van der Waals surface area (Å²) < 4.78 is 0. The number of hydrogen-bond donors (Lipinski definition) is 2. The van der Waals surface area contributed by atoms with Gasteiger partial charge in [0.05, 0.1) is 0 Å². The van der Waals surface area contributed by atoms with Gasteiger partial charge < -0.3 is 10.6 Å². The molecule has 0 unspecified atom stereocenters. The van der Waals surface area contributed by atoms with Crippen LogP contribution < -0.4 is 10.6 Å². The van der Waals surface area contributed by atoms with Crippen molar-refractivity contribution < 1.29 is 0 Å². The number of anilines is 2. The van der Waals surface area contributed by atoms with Gasteiger partial charge in [0.1, 0.15) is 5.82 Å². The summed E-state index contributed by atoms with van der Waals surface area (Å²) in [4.78, 5) is 8.56. The monoisotopic (exact) mass is 234 g/mol. The van der Waals surface area contributed by atoms with Gasteiger partial charge >= 0.3 is 0 Å². The van der Waals surface area contributed by atoms with Gasteiger partial charge in [-0.1, -0.05) is 0 Å². The Labute approximate surface area is 98.8 Å². The third-order valence-electron chi connectivity index (χ3n) is 2.13. The molecule has 2 rings (SSSR count). The molecule has 0 bridgehead atoms. The highest BCUT2D eigenvalue weighted by Crippen LogP contribution is 2.12. The molecular formula is C11H14N4S. The van der Waals surface area contributed by atoms with Gasteiger partial charge in [0.2, 0.25) is 5.95 Å². The van der Waals surface area contributed by atoms with E-state index in [1.54, 1.807) is 11.3 Å². The third-order valence-corrected chi connectivity index (χ3v) is 2.86. The molecule has 0 spiro atoms. The minimum atomic E-state index is 0.646. The summed E-state index contributed by atoms with van der Waals surface area (Å²) in [7, 11) is 1.82. The molecule has 2 N–H and O–H groups in total. The lowest BCUT2D eigenvalue weighted by Crippen LogP contribution is -2.04. The van der Waals surface area contributed by atoms with Gasteiger partial charge in [-0.2, -0.15) is 16.3 Å². The van der Waals surface area contributed by atoms with E-state index < -0.39 is 0 Å². The van der Waals surface area contributed by atoms with E-state index in [2.05, 4.69) is 37.4 Å². The fourth-order valence-electron chi connectivity index (χ4n) is 1.36. The second-order valence-electron chi connectivity index (χ2n) is 3.45. The minimum Gasteiger partial charge on any atom is -0.366 e. The predicted octanol–water partition coefficient (Wildman–Crippen LogP) is 2.50. The number of thiophene rings is 1. The van der Waals surface area contributed by atoms with E-state index in [1.165, 1.54) is 5.56 Å². The summed E-state index contributed by atoms with van der Waals surface area (Å²) in [5, 5.41) is 10.4. The van der Waals surface area contributed by atoms with Gasteiger partial charge in [-0.15, -0.1) is 0 Å². The van der Waals surface area contributed by atoms with Crippen molar-refractivity contribution >= 4 is 23.1 Å². The normalized spacial score (nSPS) is 10.1. The standard InChI is InChI=1S/C11H14N4S/c1-8-5-10(15-11(12-2)14-8)13-6-9-3-4-16-7-9/h3-5,7H,6H2,1-2H3,(H2,12,13,14,15). The highest BCUT2D eigenvalue weighted by atomic mass is 32.1. The van der Waals surface area contributed by atoms with Crippen molar-refractivity contribution in [1.82, 2.24) is 9.97 Å². The van der Waals surface area contributed by atoms with Gasteiger partial charge in [-0.25, -0.2) is 4.98 Å². The summed E-state index contributed by atoms with van der Waals surface area (Å²) in [6.45, 7) is 2.75. The molecule has 16 heavy (non-hydrogen) atoms. The zero-order valence-corrected chi connectivity index (χ0v) is 10.1. The molecule has 0 saturated carbocycles. The first-order chi connectivity index (χ1) is 7.78. The van der Waals surface area contributed by atoms with Crippen molar-refractivity contribution in [2.75, 3.05) is 17.7 Å². The summed E-state index contributed by atoms with van der Waals surface area (Å²) in [6, 6.07) is 4.04. The van der Waals surface area contributed by atoms with E-state index >= 15 is 0 Å². The number of nitrogens with one attached hydrogen (secondary N) is 2. The van der Waals surface area contributed by atoms with Crippen molar-refractivity contribution in [3.8, 4) is 0 Å². The van der Waals surface area contributed by atoms with E-state index in [9.17, 15) is 0 Å². The molecule has 0 aliphatic heterocycles. The summed E-state index contributed by atoms with van der Waals surface area (Å²) in [5.74, 6) is 1.50. The minimum absolute atomic E-state index is 0.646. The molecule has 0 radical (unpaired) electrons. The Morgan fingerprint density at radius 2 is 2.25 bits per heavy atom. The van der Waals surface area contributed by atoms with Gasteiger partial charge in [0.15, 0.2) is 0 Å². The lowest BCUT2D eigenvalue weighted by atomic mass is 10.3. The Morgan fingerprint density at radius 1 is 1.38 bits per heavy atom. The molecule has 0 aliphatic rings. The molecule has 0 saturated heterocycles. The number of aryl methyl sites for hydroxylation is 1. The molecule has 84 valence electrons. The zero-order valence-electron chi connectivity index (χ0n) is 9.32. The van der Waals surface area contributed by atoms with Crippen LogP contribution in [0.1, 0.15) is 11.3 Å². The van der Waals surface area contributed by atoms with Crippen molar-refractivity contribution in [2.45, 2.75) is 13.5 Å². The van der Waals surface area contributed by atoms with Crippen LogP contribution in [0.25, 0.3) is 0 Å². The van der Waals surface area contributed by atoms with Crippen LogP contribution in [0.3, 0.4) is 0 Å². The van der Waals surface area contributed by atoms with Gasteiger partial charge in [-0.05, 0) is 29.3 Å². The van der Waals surface area contributed by atoms with E-state index in [0.29, 0.717) is 5.95 Å². The van der Waals surface area contributed by atoms with E-state index in [4.69, 9.17) is 0 Å². The molecule has 2 heterocycles. The summed E-state index contributed by atoms with van der Waals surface area (Å²) in [5.41, 5.74) is 2.22. The van der Waals surface area contributed by atoms with Crippen molar-refractivity contribution in [3.05, 3.63) is 34.2 Å². The molecule has 2 aromatic heterocycles. The molecule has 0 fully saturated rings. The maximum Gasteiger partial charge on any atom is 0.224 e. The molecule has 4 nitrogen and oxygen atoms in total. The van der Waals surface area contributed by atoms with Crippen LogP contribution in [-0.4, -0.2) is 17.0 Å². The predicted molar refractivity (Wildman–Crippen MR) is 68.0 cm³/mol. The van der Waals surface area contributed by atoms with Crippen LogP contribution in [0.5, 0.6) is 0 Å². The van der Waals surface area contributed by atoms with Gasteiger partial charge in [0, 0.05) is 25.4 Å². The van der Waals surface area contributed by atoms with E-state index in [1.807, 2.05) is 20.0 Å². The maximum atomic E-state index is 4.32. The van der Waals surface area contributed by atoms with Crippen LogP contribution >= 0.6 is 11.3 Å². The molecule has 5 heteroatoms. The fourth-order valence-corrected chi connectivity index (χ4v) is 2.03. The molecule has 2 aromatic rings. The quantitative estimate of drug-likeness (QED) is 0.853. The Kier molecular flexibility index (Phi) is 3.36. The molecular weight excluding hydrogens is 220 g/mol. The van der Waals surface area contributed by atoms with E-state index in [0.717, 1.165) is 18.1 Å². The van der Waals surface area contributed by atoms with Crippen molar-refractivity contribution in [1.29, 1.82) is 0 Å². The topological polar surface area (TPSA) is 49.8 Å². The number of hydrogen-bond acceptors (Lipinski definition) is 5. The molecule has 0 amide bonds. The Hall–Kier alpha value is -1.62. The number of nitrogens with zero attached hydrogens (tertiary/aromatic N) is 2. The van der Waals surface area contributed by atoms with Crippen LogP contribution in [0.15, 0.2) is 22.9 Å². The van der Waals surface area contributed by atoms with Crippen molar-refractivity contribution in [3.63, 3.8) is 0 Å². The largest absolute Gasteiger partial charge is 0.366 e. The van der Waals surface area contributed by atoms with Crippen LogP contribution in [-0.2, 0) is 6.54 Å². The first-order valence-electron chi connectivity index (χ1n) is 5.06. The Morgan fingerprint density at radius 3 is 2.94 bits per heavy atom. The van der Waals surface area contributed by atoms with Crippen LogP contribution in [0.2, 0.25) is 0 Å². The molecule has 0 aliphatic carbocycles. The van der Waals surface area contributed by atoms with Gasteiger partial charge in [-0.3, -0.25) is 0 Å². The fraction of sp³-hybridized carbons (Fsp3) is 0.273. The first-order valence-corrected chi connectivity index (χ1v) is 6.00. The number of rotatable bonds is 4. The Balaban J connectivity index is 2.06. The Bertz CT molecular complexity index is 453. The summed E-state index contributed by atoms with van der Waals surface area (Å²) >= 11 is 1.70. The third kappa shape index (κ3) is 2.70. The van der Waals surface area contributed by atoms with Crippen LogP contribution in [0, 0.1) is 6.92 Å². The molecule has 0 atom stereocenters. The average Bonchev–Trinajstić information content (AvgIpc) is 2.78. The first kappa shape index (κ1) is 10.9. The highest BCUT2D eigenvalue weighted by molar-refractivity contribution is 7.07. The molecule has 0 aromatic carbocycles. The van der Waals surface area contributed by atoms with Crippen molar-refractivity contribution in [2.24, 2.45) is 0 Å². The zero-order chi connectivity index (χ0) is 11.4. The lowest BCUT2D eigenvalue weighted by Gasteiger charge is -2.07. The lowest BCUT2D eigenvalue weighted by molar-refractivity contribution is 1.06. The number of aromatic nitrogens is 2. The highest BCUT2D eigenvalue weighted by Gasteiger charge is 2.00. The van der Waals surface area contributed by atoms with Gasteiger partial charge in [0.25, 0.3) is 0 Å². The summed E-state index contributed by atoms with van der Waals surface area (Å²) in [6.07, 6.45) is 0. The second-order valence-corrected chi connectivity index (χ2v) is 4.23. The SMILES string of the molecule is CNc1nc(C)cc(NCc2ccsc2)n1. The second kappa shape index (κ2) is 4.94.